The fourth-order valence-corrected chi connectivity index (χ4v) is 0.226. The van der Waals surface area contributed by atoms with Crippen LogP contribution in [0.1, 0.15) is 13.8 Å². The van der Waals surface area contributed by atoms with Gasteiger partial charge in [0.15, 0.2) is 0 Å². The van der Waals surface area contributed by atoms with Crippen LogP contribution in [0.2, 0.25) is 5.05 Å². The van der Waals surface area contributed by atoms with Gasteiger partial charge >= 0.3 is 26.8 Å². The summed E-state index contributed by atoms with van der Waals surface area (Å²) in [5.41, 5.74) is 0. The quantitative estimate of drug-likeness (QED) is 0.288. The minimum Gasteiger partial charge on any atom is -1.00 e. The maximum atomic E-state index is 4.85. The first kappa shape index (κ1) is 17.2. The predicted octanol–water partition coefficient (Wildman–Crippen LogP) is -1.78. The minimum absolute atomic E-state index is 0. The summed E-state index contributed by atoms with van der Waals surface area (Å²) < 4.78 is 9.70. The van der Waals surface area contributed by atoms with E-state index in [9.17, 15) is 0 Å². The van der Waals surface area contributed by atoms with Crippen molar-refractivity contribution < 1.29 is 21.9 Å². The summed E-state index contributed by atoms with van der Waals surface area (Å²) in [6, 6.07) is 0. The Morgan fingerprint density at radius 3 is 1.50 bits per heavy atom. The second-order valence-electron chi connectivity index (χ2n) is 1.10. The molecule has 0 aliphatic heterocycles. The average molecular weight is 179 g/mol. The second-order valence-corrected chi connectivity index (χ2v) is 1.10. The Kier molecular flexibility index (Phi) is 38.6. The molecule has 10 heavy (non-hydrogen) atoms. The van der Waals surface area contributed by atoms with E-state index in [1.807, 2.05) is 40.6 Å². The summed E-state index contributed by atoms with van der Waals surface area (Å²) in [5.74, 6) is 0. The van der Waals surface area contributed by atoms with Gasteiger partial charge in [-0.2, -0.15) is 0 Å². The van der Waals surface area contributed by atoms with E-state index in [-0.39, 0.29) is 12.4 Å². The van der Waals surface area contributed by atoms with Crippen molar-refractivity contribution in [2.75, 3.05) is 20.0 Å². The SMILES string of the molecule is CCOCOCC.[CH3][Mg+].[Cl-]. The van der Waals surface area contributed by atoms with Crippen molar-refractivity contribution in [2.45, 2.75) is 18.9 Å². The third-order valence-electron chi connectivity index (χ3n) is 0.575. The molecule has 0 bridgehead atoms. The van der Waals surface area contributed by atoms with Crippen LogP contribution in [0.3, 0.4) is 0 Å². The summed E-state index contributed by atoms with van der Waals surface area (Å²) in [6.45, 7) is 5.80. The van der Waals surface area contributed by atoms with E-state index in [1.165, 1.54) is 0 Å². The van der Waals surface area contributed by atoms with Gasteiger partial charge in [-0.1, -0.05) is 0 Å². The van der Waals surface area contributed by atoms with E-state index >= 15 is 0 Å². The molecule has 0 atom stereocenters. The van der Waals surface area contributed by atoms with Crippen LogP contribution in [0, 0.1) is 0 Å². The molecule has 0 saturated carbocycles. The van der Waals surface area contributed by atoms with Crippen LogP contribution < -0.4 is 12.4 Å². The third kappa shape index (κ3) is 23.1. The molecule has 0 saturated heterocycles. The minimum atomic E-state index is 0. The van der Waals surface area contributed by atoms with Gasteiger partial charge in [0.25, 0.3) is 0 Å². The third-order valence-corrected chi connectivity index (χ3v) is 0.575. The second kappa shape index (κ2) is 22.5. The van der Waals surface area contributed by atoms with Crippen molar-refractivity contribution in [1.82, 2.24) is 0 Å². The normalized spacial score (nSPS) is 7.30. The Bertz CT molecular complexity index is 34.9. The van der Waals surface area contributed by atoms with Crippen molar-refractivity contribution >= 4 is 21.7 Å². The maximum Gasteiger partial charge on any atom is -1.00 e. The van der Waals surface area contributed by atoms with E-state index in [2.05, 4.69) is 0 Å². The van der Waals surface area contributed by atoms with E-state index < -0.39 is 0 Å². The molecule has 0 spiro atoms. The Morgan fingerprint density at radius 2 is 1.30 bits per heavy atom. The first-order chi connectivity index (χ1) is 4.41. The van der Waals surface area contributed by atoms with E-state index in [0.717, 1.165) is 13.2 Å². The van der Waals surface area contributed by atoms with E-state index in [0.29, 0.717) is 6.79 Å². The van der Waals surface area contributed by atoms with Crippen molar-refractivity contribution in [3.05, 3.63) is 0 Å². The molecule has 0 unspecified atom stereocenters. The summed E-state index contributed by atoms with van der Waals surface area (Å²) in [5, 5.41) is 2.03. The molecule has 0 amide bonds. The van der Waals surface area contributed by atoms with Crippen LogP contribution in [0.5, 0.6) is 0 Å². The first-order valence-corrected chi connectivity index (χ1v) is 4.69. The molecule has 2 nitrogen and oxygen atoms in total. The molecule has 0 N–H and O–H groups in total. The monoisotopic (exact) mass is 178 g/mol. The molecular formula is C6H15ClMgO2. The van der Waals surface area contributed by atoms with Crippen molar-refractivity contribution in [3.8, 4) is 0 Å². The van der Waals surface area contributed by atoms with Crippen LogP contribution in [-0.2, 0) is 9.47 Å². The number of hydrogen-bond donors (Lipinski definition) is 0. The summed E-state index contributed by atoms with van der Waals surface area (Å²) in [4.78, 5) is 0. The van der Waals surface area contributed by atoms with Gasteiger partial charge in [-0.05, 0) is 13.8 Å². The maximum absolute atomic E-state index is 4.85. The Labute approximate surface area is 82.5 Å². The molecule has 60 valence electrons. The zero-order chi connectivity index (χ0) is 7.54. The Balaban J connectivity index is -0.000000149. The van der Waals surface area contributed by atoms with Gasteiger partial charge in [0.05, 0.1) is 0 Å². The molecule has 4 heteroatoms. The van der Waals surface area contributed by atoms with Crippen LogP contribution in [-0.4, -0.2) is 41.7 Å². The number of ether oxygens (including phenoxy) is 2. The standard InChI is InChI=1S/C5H12O2.CH3.ClH.Mg/c1-3-6-5-7-4-2;;;/h3-5H2,1-2H3;1H3;1H;/q;;;+1/p-1. The molecule has 0 aromatic carbocycles. The smallest absolute Gasteiger partial charge is 1.00 e. The van der Waals surface area contributed by atoms with Gasteiger partial charge in [0, 0.05) is 13.2 Å². The number of rotatable bonds is 4. The van der Waals surface area contributed by atoms with Crippen LogP contribution in [0.4, 0.5) is 0 Å². The number of hydrogen-bond acceptors (Lipinski definition) is 2. The Morgan fingerprint density at radius 1 is 1.00 bits per heavy atom. The zero-order valence-corrected chi connectivity index (χ0v) is 9.19. The largest absolute Gasteiger partial charge is 1.00 e. The van der Waals surface area contributed by atoms with Crippen molar-refractivity contribution in [3.63, 3.8) is 0 Å². The molecular weight excluding hydrogens is 164 g/mol. The summed E-state index contributed by atoms with van der Waals surface area (Å²) >= 11 is 1.86. The molecule has 0 aromatic rings. The molecule has 0 radical (unpaired) electrons. The molecule has 0 fully saturated rings. The molecule has 0 heterocycles. The van der Waals surface area contributed by atoms with E-state index in [1.54, 1.807) is 0 Å². The van der Waals surface area contributed by atoms with Crippen molar-refractivity contribution in [1.29, 1.82) is 0 Å². The van der Waals surface area contributed by atoms with Gasteiger partial charge in [-0.25, -0.2) is 0 Å². The number of halogens is 1. The first-order valence-electron chi connectivity index (χ1n) is 3.28. The molecule has 0 rings (SSSR count). The van der Waals surface area contributed by atoms with Crippen LogP contribution in [0.15, 0.2) is 0 Å². The zero-order valence-electron chi connectivity index (χ0n) is 7.02. The van der Waals surface area contributed by atoms with Gasteiger partial charge in [-0.3, -0.25) is 0 Å². The van der Waals surface area contributed by atoms with Crippen LogP contribution in [0.25, 0.3) is 0 Å². The molecule has 0 aliphatic rings. The fraction of sp³-hybridized carbons (Fsp3) is 1.00. The van der Waals surface area contributed by atoms with Gasteiger partial charge in [-0.15, -0.1) is 0 Å². The topological polar surface area (TPSA) is 18.5 Å². The average Bonchev–Trinajstić information content (AvgIpc) is 1.94. The van der Waals surface area contributed by atoms with Gasteiger partial charge < -0.3 is 21.9 Å². The molecule has 0 aromatic heterocycles. The van der Waals surface area contributed by atoms with Gasteiger partial charge in [0.1, 0.15) is 6.79 Å². The molecule has 0 aliphatic carbocycles. The summed E-state index contributed by atoms with van der Waals surface area (Å²) in [7, 11) is 0. The Hall–Kier alpha value is 0.976. The fourth-order valence-electron chi connectivity index (χ4n) is 0.226. The van der Waals surface area contributed by atoms with Gasteiger partial charge in [0.2, 0.25) is 0 Å². The summed E-state index contributed by atoms with van der Waals surface area (Å²) in [6.07, 6.45) is 0. The van der Waals surface area contributed by atoms with Crippen molar-refractivity contribution in [2.24, 2.45) is 0 Å². The van der Waals surface area contributed by atoms with Crippen LogP contribution >= 0.6 is 0 Å². The predicted molar refractivity (Wildman–Crippen MR) is 39.7 cm³/mol. The van der Waals surface area contributed by atoms with E-state index in [4.69, 9.17) is 9.47 Å².